The van der Waals surface area contributed by atoms with E-state index in [2.05, 4.69) is 5.43 Å². The van der Waals surface area contributed by atoms with Crippen molar-refractivity contribution in [1.29, 1.82) is 0 Å². The highest BCUT2D eigenvalue weighted by Gasteiger charge is 2.32. The van der Waals surface area contributed by atoms with Gasteiger partial charge in [-0.1, -0.05) is 51.1 Å². The molecule has 1 N–H and O–H groups in total. The first-order valence-corrected chi connectivity index (χ1v) is 10.8. The molecule has 2 atom stereocenters. The third-order valence-corrected chi connectivity index (χ3v) is 4.84. The minimum absolute atomic E-state index is 0.101. The Balaban J connectivity index is 2.16. The summed E-state index contributed by atoms with van der Waals surface area (Å²) in [6.45, 7) is 11.8. The van der Waals surface area contributed by atoms with Crippen LogP contribution in [0.4, 0.5) is 4.79 Å². The Kier molecular flexibility index (Phi) is 8.25. The van der Waals surface area contributed by atoms with Crippen LogP contribution < -0.4 is 5.43 Å². The summed E-state index contributed by atoms with van der Waals surface area (Å²) in [5.74, 6) is -0.277. The predicted octanol–water partition coefficient (Wildman–Crippen LogP) is 4.02. The van der Waals surface area contributed by atoms with Crippen LogP contribution in [0.2, 0.25) is 0 Å². The van der Waals surface area contributed by atoms with Gasteiger partial charge in [0.2, 0.25) is 5.91 Å². The lowest BCUT2D eigenvalue weighted by atomic mass is 9.98. The molecule has 1 aromatic carbocycles. The molecule has 3 amide bonds. The maximum atomic E-state index is 13.0. The van der Waals surface area contributed by atoms with E-state index in [0.717, 1.165) is 0 Å². The summed E-state index contributed by atoms with van der Waals surface area (Å²) < 4.78 is 5.50. The molecule has 170 valence electrons. The van der Waals surface area contributed by atoms with Crippen LogP contribution in [0, 0.1) is 11.8 Å². The van der Waals surface area contributed by atoms with Gasteiger partial charge in [0.1, 0.15) is 5.60 Å². The minimum atomic E-state index is -0.714. The van der Waals surface area contributed by atoms with Gasteiger partial charge in [-0.3, -0.25) is 15.0 Å². The number of ether oxygens (including phenoxy) is 1. The Bertz CT molecular complexity index is 799. The first-order chi connectivity index (χ1) is 14.5. The van der Waals surface area contributed by atoms with Crippen molar-refractivity contribution in [3.8, 4) is 0 Å². The maximum Gasteiger partial charge on any atom is 0.429 e. The highest BCUT2D eigenvalue weighted by molar-refractivity contribution is 5.95. The van der Waals surface area contributed by atoms with Crippen molar-refractivity contribution in [1.82, 2.24) is 15.3 Å². The van der Waals surface area contributed by atoms with E-state index in [1.54, 1.807) is 37.8 Å². The zero-order valence-electron chi connectivity index (χ0n) is 19.4. The molecule has 1 heterocycles. The molecule has 0 saturated heterocycles. The molecule has 0 fully saturated rings. The van der Waals surface area contributed by atoms with E-state index < -0.39 is 11.7 Å². The van der Waals surface area contributed by atoms with E-state index in [1.165, 1.54) is 5.01 Å². The van der Waals surface area contributed by atoms with Crippen LogP contribution in [0.1, 0.15) is 58.3 Å². The predicted molar refractivity (Wildman–Crippen MR) is 120 cm³/mol. The molecule has 31 heavy (non-hydrogen) atoms. The van der Waals surface area contributed by atoms with Gasteiger partial charge in [-0.2, -0.15) is 0 Å². The van der Waals surface area contributed by atoms with Crippen LogP contribution in [0.3, 0.4) is 0 Å². The van der Waals surface area contributed by atoms with Gasteiger partial charge < -0.3 is 9.64 Å². The van der Waals surface area contributed by atoms with Gasteiger partial charge >= 0.3 is 6.09 Å². The summed E-state index contributed by atoms with van der Waals surface area (Å²) in [4.78, 5) is 40.2. The smallest absolute Gasteiger partial charge is 0.429 e. The molecule has 7 heteroatoms. The summed E-state index contributed by atoms with van der Waals surface area (Å²) in [7, 11) is 0. The second-order valence-electron chi connectivity index (χ2n) is 9.42. The molecule has 1 aromatic rings. The average molecular weight is 430 g/mol. The first kappa shape index (κ1) is 24.4. The molecule has 7 nitrogen and oxygen atoms in total. The van der Waals surface area contributed by atoms with Gasteiger partial charge in [0.15, 0.2) is 0 Å². The van der Waals surface area contributed by atoms with Crippen LogP contribution in [-0.2, 0) is 9.53 Å². The molecule has 0 unspecified atom stereocenters. The summed E-state index contributed by atoms with van der Waals surface area (Å²) in [5, 5.41) is 1.19. The second-order valence-corrected chi connectivity index (χ2v) is 9.42. The number of amides is 3. The number of hydrogen-bond acceptors (Lipinski definition) is 4. The monoisotopic (exact) mass is 429 g/mol. The minimum Gasteiger partial charge on any atom is -0.442 e. The number of hydrazine groups is 1. The van der Waals surface area contributed by atoms with E-state index in [4.69, 9.17) is 4.74 Å². The summed E-state index contributed by atoms with van der Waals surface area (Å²) >= 11 is 0. The van der Waals surface area contributed by atoms with Crippen LogP contribution >= 0.6 is 0 Å². The fraction of sp³-hybridized carbons (Fsp3) is 0.542. The number of nitrogens with one attached hydrogen (secondary N) is 1. The molecular formula is C24H35N3O4. The molecule has 0 radical (unpaired) electrons. The largest absolute Gasteiger partial charge is 0.442 e. The second kappa shape index (κ2) is 10.5. The molecule has 0 aliphatic carbocycles. The number of carbonyl (C=O) groups excluding carboxylic acids is 3. The summed E-state index contributed by atoms with van der Waals surface area (Å²) in [5.41, 5.74) is 2.58. The highest BCUT2D eigenvalue weighted by atomic mass is 16.6. The van der Waals surface area contributed by atoms with Crippen molar-refractivity contribution in [3.05, 3.63) is 48.0 Å². The SMILES string of the molecule is CC(C)C[C@H](C)C(=O)NN(C[C@H]1C=CCN1C(=O)c1ccccc1)C(=O)OC(C)(C)C. The molecular weight excluding hydrogens is 394 g/mol. The van der Waals surface area contributed by atoms with Gasteiger partial charge in [-0.15, -0.1) is 0 Å². The molecule has 0 bridgehead atoms. The Hall–Kier alpha value is -2.83. The summed E-state index contributed by atoms with van der Waals surface area (Å²) in [6, 6.07) is 8.64. The zero-order valence-corrected chi connectivity index (χ0v) is 19.4. The number of hydrogen-bond donors (Lipinski definition) is 1. The van der Waals surface area contributed by atoms with E-state index >= 15 is 0 Å². The van der Waals surface area contributed by atoms with Crippen molar-refractivity contribution < 1.29 is 19.1 Å². The Morgan fingerprint density at radius 3 is 2.39 bits per heavy atom. The van der Waals surface area contributed by atoms with Crippen LogP contribution in [0.15, 0.2) is 42.5 Å². The third kappa shape index (κ3) is 7.42. The Morgan fingerprint density at radius 1 is 1.16 bits per heavy atom. The highest BCUT2D eigenvalue weighted by Crippen LogP contribution is 2.18. The number of carbonyl (C=O) groups is 3. The van der Waals surface area contributed by atoms with Gasteiger partial charge in [0.25, 0.3) is 5.91 Å². The van der Waals surface area contributed by atoms with Crippen molar-refractivity contribution >= 4 is 17.9 Å². The van der Waals surface area contributed by atoms with Crippen LogP contribution in [0.25, 0.3) is 0 Å². The van der Waals surface area contributed by atoms with E-state index in [9.17, 15) is 14.4 Å². The first-order valence-electron chi connectivity index (χ1n) is 10.8. The van der Waals surface area contributed by atoms with Gasteiger partial charge in [0.05, 0.1) is 12.6 Å². The lowest BCUT2D eigenvalue weighted by molar-refractivity contribution is -0.130. The fourth-order valence-corrected chi connectivity index (χ4v) is 3.44. The number of benzene rings is 1. The van der Waals surface area contributed by atoms with Crippen molar-refractivity contribution in [2.75, 3.05) is 13.1 Å². The van der Waals surface area contributed by atoms with Crippen molar-refractivity contribution in [3.63, 3.8) is 0 Å². The van der Waals surface area contributed by atoms with E-state index in [1.807, 2.05) is 51.1 Å². The molecule has 1 aliphatic heterocycles. The molecule has 1 aliphatic rings. The standard InChI is InChI=1S/C24H35N3O4/c1-17(2)15-18(3)21(28)25-27(23(30)31-24(4,5)6)16-20-13-10-14-26(20)22(29)19-11-8-7-9-12-19/h7-13,17-18,20H,14-16H2,1-6H3,(H,25,28)/t18-,20+/m0/s1. The molecule has 0 aromatic heterocycles. The fourth-order valence-electron chi connectivity index (χ4n) is 3.44. The van der Waals surface area contributed by atoms with Crippen LogP contribution in [-0.4, -0.2) is 52.5 Å². The quantitative estimate of drug-likeness (QED) is 0.547. The number of nitrogens with zero attached hydrogens (tertiary/aromatic N) is 2. The Morgan fingerprint density at radius 2 is 1.81 bits per heavy atom. The topological polar surface area (TPSA) is 79.0 Å². The maximum absolute atomic E-state index is 13.0. The lowest BCUT2D eigenvalue weighted by Crippen LogP contribution is -2.54. The molecule has 2 rings (SSSR count). The van der Waals surface area contributed by atoms with Crippen molar-refractivity contribution in [2.24, 2.45) is 11.8 Å². The lowest BCUT2D eigenvalue weighted by Gasteiger charge is -2.33. The van der Waals surface area contributed by atoms with Gasteiger partial charge in [-0.25, -0.2) is 9.80 Å². The third-order valence-electron chi connectivity index (χ3n) is 4.84. The summed E-state index contributed by atoms with van der Waals surface area (Å²) in [6.07, 6.45) is 3.82. The molecule has 0 saturated carbocycles. The van der Waals surface area contributed by atoms with Gasteiger partial charge in [0, 0.05) is 18.0 Å². The Labute approximate surface area is 185 Å². The van der Waals surface area contributed by atoms with Crippen molar-refractivity contribution in [2.45, 2.75) is 59.6 Å². The van der Waals surface area contributed by atoms with Crippen LogP contribution in [0.5, 0.6) is 0 Å². The normalized spacial score (nSPS) is 16.9. The zero-order chi connectivity index (χ0) is 23.2. The van der Waals surface area contributed by atoms with E-state index in [0.29, 0.717) is 24.4 Å². The van der Waals surface area contributed by atoms with E-state index in [-0.39, 0.29) is 30.3 Å². The van der Waals surface area contributed by atoms with Gasteiger partial charge in [-0.05, 0) is 45.2 Å². The average Bonchev–Trinajstić information content (AvgIpc) is 3.13. The number of rotatable bonds is 6. The molecule has 0 spiro atoms.